The Bertz CT molecular complexity index is 379. The van der Waals surface area contributed by atoms with Crippen LogP contribution in [0.25, 0.3) is 0 Å². The Morgan fingerprint density at radius 2 is 1.88 bits per heavy atom. The van der Waals surface area contributed by atoms with Crippen LogP contribution in [0.4, 0.5) is 0 Å². The minimum absolute atomic E-state index is 0. The van der Waals surface area contributed by atoms with Gasteiger partial charge in [-0.2, -0.15) is 11.8 Å². The summed E-state index contributed by atoms with van der Waals surface area (Å²) in [5.41, 5.74) is 0. The lowest BCUT2D eigenvalue weighted by molar-refractivity contribution is 0.139. The van der Waals surface area contributed by atoms with E-state index in [0.29, 0.717) is 0 Å². The first-order valence-corrected chi connectivity index (χ1v) is 10.3. The molecule has 3 heterocycles. The second kappa shape index (κ2) is 11.1. The van der Waals surface area contributed by atoms with Crippen molar-refractivity contribution in [2.24, 2.45) is 16.8 Å². The lowest BCUT2D eigenvalue weighted by Crippen LogP contribution is -2.53. The zero-order chi connectivity index (χ0) is 15.9. The Hall–Kier alpha value is 0.270. The van der Waals surface area contributed by atoms with E-state index in [-0.39, 0.29) is 24.0 Å². The molecular formula is C17H33IN4OS. The summed E-state index contributed by atoms with van der Waals surface area (Å²) in [7, 11) is 1.92. The highest BCUT2D eigenvalue weighted by molar-refractivity contribution is 14.0. The van der Waals surface area contributed by atoms with Crippen LogP contribution in [0, 0.1) is 11.8 Å². The number of rotatable bonds is 4. The van der Waals surface area contributed by atoms with E-state index in [9.17, 15) is 0 Å². The highest BCUT2D eigenvalue weighted by atomic mass is 127. The normalized spacial score (nSPS) is 27.1. The lowest BCUT2D eigenvalue weighted by atomic mass is 10.0. The molecule has 1 N–H and O–H groups in total. The van der Waals surface area contributed by atoms with Crippen LogP contribution in [0.3, 0.4) is 0 Å². The molecule has 0 aromatic heterocycles. The number of guanidine groups is 1. The van der Waals surface area contributed by atoms with Gasteiger partial charge in [-0.3, -0.25) is 9.89 Å². The molecule has 3 aliphatic heterocycles. The van der Waals surface area contributed by atoms with Crippen LogP contribution in [-0.2, 0) is 4.74 Å². The van der Waals surface area contributed by atoms with Crippen molar-refractivity contribution in [2.45, 2.75) is 19.3 Å². The van der Waals surface area contributed by atoms with Gasteiger partial charge >= 0.3 is 0 Å². The van der Waals surface area contributed by atoms with Gasteiger partial charge in [-0.05, 0) is 42.6 Å². The molecule has 5 nitrogen and oxygen atoms in total. The Morgan fingerprint density at radius 1 is 1.12 bits per heavy atom. The summed E-state index contributed by atoms with van der Waals surface area (Å²) in [5, 5.41) is 3.62. The number of halogens is 1. The second-order valence-electron chi connectivity index (χ2n) is 7.00. The molecule has 0 aromatic rings. The van der Waals surface area contributed by atoms with Crippen molar-refractivity contribution in [3.8, 4) is 0 Å². The maximum atomic E-state index is 5.50. The van der Waals surface area contributed by atoms with Crippen LogP contribution < -0.4 is 5.32 Å². The molecule has 0 aliphatic carbocycles. The Kier molecular flexibility index (Phi) is 9.50. The third-order valence-electron chi connectivity index (χ3n) is 5.31. The van der Waals surface area contributed by atoms with E-state index in [0.717, 1.165) is 63.7 Å². The number of nitrogens with one attached hydrogen (secondary N) is 1. The number of thioether (sulfide) groups is 1. The Balaban J connectivity index is 0.00000208. The quantitative estimate of drug-likeness (QED) is 0.388. The number of hydrogen-bond donors (Lipinski definition) is 1. The van der Waals surface area contributed by atoms with E-state index in [4.69, 9.17) is 4.74 Å². The molecular weight excluding hydrogens is 435 g/mol. The molecule has 140 valence electrons. The van der Waals surface area contributed by atoms with Crippen molar-refractivity contribution in [3.63, 3.8) is 0 Å². The first-order valence-electron chi connectivity index (χ1n) is 9.18. The summed E-state index contributed by atoms with van der Waals surface area (Å²) < 4.78 is 5.50. The smallest absolute Gasteiger partial charge is 0.193 e. The summed E-state index contributed by atoms with van der Waals surface area (Å²) in [6.45, 7) is 8.70. The maximum absolute atomic E-state index is 5.50. The number of aliphatic imine (C=N–C) groups is 1. The number of nitrogens with zero attached hydrogens (tertiary/aromatic N) is 3. The topological polar surface area (TPSA) is 40.1 Å². The number of piperazine rings is 1. The zero-order valence-electron chi connectivity index (χ0n) is 14.9. The van der Waals surface area contributed by atoms with Gasteiger partial charge in [0.15, 0.2) is 5.96 Å². The van der Waals surface area contributed by atoms with Gasteiger partial charge in [0.05, 0.1) is 6.61 Å². The van der Waals surface area contributed by atoms with Crippen LogP contribution >= 0.6 is 35.7 Å². The zero-order valence-corrected chi connectivity index (χ0v) is 18.1. The molecule has 0 spiro atoms. The van der Waals surface area contributed by atoms with Crippen LogP contribution in [-0.4, -0.2) is 86.8 Å². The average molecular weight is 468 g/mol. The van der Waals surface area contributed by atoms with Gasteiger partial charge in [-0.15, -0.1) is 24.0 Å². The second-order valence-corrected chi connectivity index (χ2v) is 8.23. The van der Waals surface area contributed by atoms with Gasteiger partial charge in [0.2, 0.25) is 0 Å². The summed E-state index contributed by atoms with van der Waals surface area (Å²) in [6.07, 6.45) is 3.95. The van der Waals surface area contributed by atoms with Crippen molar-refractivity contribution in [1.82, 2.24) is 15.1 Å². The molecule has 0 radical (unpaired) electrons. The highest BCUT2D eigenvalue weighted by Gasteiger charge is 2.24. The molecule has 1 unspecified atom stereocenters. The van der Waals surface area contributed by atoms with E-state index in [1.54, 1.807) is 0 Å². The molecule has 3 fully saturated rings. The van der Waals surface area contributed by atoms with E-state index in [1.165, 1.54) is 37.3 Å². The fourth-order valence-corrected chi connectivity index (χ4v) is 4.96. The van der Waals surface area contributed by atoms with Gasteiger partial charge in [-0.25, -0.2) is 0 Å². The van der Waals surface area contributed by atoms with Crippen LogP contribution in [0.5, 0.6) is 0 Å². The molecule has 1 atom stereocenters. The summed E-state index contributed by atoms with van der Waals surface area (Å²) in [5.74, 6) is 5.34. The molecule has 24 heavy (non-hydrogen) atoms. The molecule has 0 aromatic carbocycles. The Labute approximate surface area is 168 Å². The predicted octanol–water partition coefficient (Wildman–Crippen LogP) is 1.98. The summed E-state index contributed by atoms with van der Waals surface area (Å²) >= 11 is 2.10. The third kappa shape index (κ3) is 6.21. The molecule has 0 amide bonds. The van der Waals surface area contributed by atoms with Gasteiger partial charge < -0.3 is 15.0 Å². The Morgan fingerprint density at radius 3 is 2.50 bits per heavy atom. The average Bonchev–Trinajstić information content (AvgIpc) is 3.11. The molecule has 7 heteroatoms. The summed E-state index contributed by atoms with van der Waals surface area (Å²) in [6, 6.07) is 0. The van der Waals surface area contributed by atoms with Gasteiger partial charge in [0.1, 0.15) is 0 Å². The molecule has 0 saturated carbocycles. The standard InChI is InChI=1S/C17H32N4OS.HI/c1-18-17(19-12-15-3-10-23-11-4-15)21-7-5-20(6-8-21)13-16-2-9-22-14-16;/h15-16H,2-14H2,1H3,(H,18,19);1H. The lowest BCUT2D eigenvalue weighted by Gasteiger charge is -2.37. The first-order chi connectivity index (χ1) is 11.3. The minimum Gasteiger partial charge on any atom is -0.381 e. The fourth-order valence-electron chi connectivity index (χ4n) is 3.75. The molecule has 3 aliphatic rings. The molecule has 0 bridgehead atoms. The van der Waals surface area contributed by atoms with Crippen molar-refractivity contribution in [1.29, 1.82) is 0 Å². The highest BCUT2D eigenvalue weighted by Crippen LogP contribution is 2.22. The van der Waals surface area contributed by atoms with E-state index >= 15 is 0 Å². The van der Waals surface area contributed by atoms with E-state index < -0.39 is 0 Å². The third-order valence-corrected chi connectivity index (χ3v) is 6.36. The van der Waals surface area contributed by atoms with E-state index in [2.05, 4.69) is 31.9 Å². The van der Waals surface area contributed by atoms with Crippen LogP contribution in [0.15, 0.2) is 4.99 Å². The van der Waals surface area contributed by atoms with Crippen molar-refractivity contribution >= 4 is 41.7 Å². The van der Waals surface area contributed by atoms with Crippen molar-refractivity contribution < 1.29 is 4.74 Å². The SMILES string of the molecule is CN=C(NCC1CCSCC1)N1CCN(CC2CCOC2)CC1.I. The summed E-state index contributed by atoms with van der Waals surface area (Å²) in [4.78, 5) is 9.54. The van der Waals surface area contributed by atoms with Gasteiger partial charge in [0.25, 0.3) is 0 Å². The van der Waals surface area contributed by atoms with Gasteiger partial charge in [-0.1, -0.05) is 0 Å². The number of hydrogen-bond acceptors (Lipinski definition) is 4. The van der Waals surface area contributed by atoms with Crippen molar-refractivity contribution in [3.05, 3.63) is 0 Å². The van der Waals surface area contributed by atoms with Crippen molar-refractivity contribution in [2.75, 3.05) is 71.0 Å². The monoisotopic (exact) mass is 468 g/mol. The molecule has 3 saturated heterocycles. The van der Waals surface area contributed by atoms with Crippen LogP contribution in [0.2, 0.25) is 0 Å². The number of ether oxygens (including phenoxy) is 1. The van der Waals surface area contributed by atoms with E-state index in [1.807, 2.05) is 7.05 Å². The molecule has 3 rings (SSSR count). The largest absolute Gasteiger partial charge is 0.381 e. The first kappa shape index (κ1) is 20.6. The van der Waals surface area contributed by atoms with Gasteiger partial charge in [0, 0.05) is 52.9 Å². The maximum Gasteiger partial charge on any atom is 0.193 e. The minimum atomic E-state index is 0. The fraction of sp³-hybridized carbons (Fsp3) is 0.941. The van der Waals surface area contributed by atoms with Crippen LogP contribution in [0.1, 0.15) is 19.3 Å². The predicted molar refractivity (Wildman–Crippen MR) is 114 cm³/mol.